The van der Waals surface area contributed by atoms with Gasteiger partial charge in [0.05, 0.1) is 5.41 Å². The van der Waals surface area contributed by atoms with Gasteiger partial charge in [-0.05, 0) is 37.7 Å². The van der Waals surface area contributed by atoms with E-state index in [0.29, 0.717) is 45.6 Å². The first-order chi connectivity index (χ1) is 11.5. The van der Waals surface area contributed by atoms with Gasteiger partial charge in [0.15, 0.2) is 0 Å². The monoisotopic (exact) mass is 330 g/mol. The summed E-state index contributed by atoms with van der Waals surface area (Å²) in [4.78, 5) is 26.5. The minimum absolute atomic E-state index is 0.182. The van der Waals surface area contributed by atoms with Crippen molar-refractivity contribution in [2.45, 2.75) is 38.0 Å². The molecular formula is C19H26N2O3. The van der Waals surface area contributed by atoms with Gasteiger partial charge in [0.25, 0.3) is 0 Å². The second kappa shape index (κ2) is 6.93. The summed E-state index contributed by atoms with van der Waals surface area (Å²) in [6.07, 6.45) is 2.65. The Bertz CT molecular complexity index is 606. The van der Waals surface area contributed by atoms with Gasteiger partial charge < -0.3 is 15.4 Å². The van der Waals surface area contributed by atoms with E-state index in [0.717, 1.165) is 12.0 Å². The summed E-state index contributed by atoms with van der Waals surface area (Å²) in [5.41, 5.74) is 7.09. The molecule has 0 aliphatic carbocycles. The highest BCUT2D eigenvalue weighted by atomic mass is 16.5. The molecule has 0 spiro atoms. The quantitative estimate of drug-likeness (QED) is 0.914. The molecule has 2 fully saturated rings. The molecule has 2 heterocycles. The lowest BCUT2D eigenvalue weighted by atomic mass is 9.73. The molecule has 0 radical (unpaired) electrons. The smallest absolute Gasteiger partial charge is 0.233 e. The van der Waals surface area contributed by atoms with Gasteiger partial charge in [-0.15, -0.1) is 0 Å². The second-order valence-electron chi connectivity index (χ2n) is 7.14. The highest BCUT2D eigenvalue weighted by molar-refractivity contribution is 5.89. The van der Waals surface area contributed by atoms with E-state index in [9.17, 15) is 9.59 Å². The summed E-state index contributed by atoms with van der Waals surface area (Å²) in [7, 11) is 0. The SMILES string of the molecule is Cc1ccc(C2(C(=O)N3CCC(CC(N)=O)C3)CCOCC2)cc1. The van der Waals surface area contributed by atoms with Crippen LogP contribution in [0.25, 0.3) is 0 Å². The van der Waals surface area contributed by atoms with Crippen LogP contribution < -0.4 is 5.73 Å². The third-order valence-electron chi connectivity index (χ3n) is 5.42. The Morgan fingerprint density at radius 1 is 1.25 bits per heavy atom. The molecule has 24 heavy (non-hydrogen) atoms. The van der Waals surface area contributed by atoms with Crippen LogP contribution >= 0.6 is 0 Å². The summed E-state index contributed by atoms with van der Waals surface area (Å²) in [6, 6.07) is 8.30. The number of amides is 2. The molecule has 5 heteroatoms. The number of ether oxygens (including phenoxy) is 1. The van der Waals surface area contributed by atoms with Crippen LogP contribution in [-0.4, -0.2) is 43.0 Å². The zero-order valence-electron chi connectivity index (χ0n) is 14.3. The van der Waals surface area contributed by atoms with Gasteiger partial charge in [0.2, 0.25) is 11.8 Å². The van der Waals surface area contributed by atoms with Gasteiger partial charge >= 0.3 is 0 Å². The van der Waals surface area contributed by atoms with E-state index in [1.165, 1.54) is 5.56 Å². The number of rotatable bonds is 4. The topological polar surface area (TPSA) is 72.6 Å². The molecule has 2 N–H and O–H groups in total. The van der Waals surface area contributed by atoms with E-state index < -0.39 is 5.41 Å². The van der Waals surface area contributed by atoms with Crippen molar-refractivity contribution in [3.05, 3.63) is 35.4 Å². The molecule has 0 bridgehead atoms. The summed E-state index contributed by atoms with van der Waals surface area (Å²) in [5.74, 6) is 0.0941. The predicted octanol–water partition coefficient (Wildman–Crippen LogP) is 1.77. The number of aryl methyl sites for hydroxylation is 1. The Balaban J connectivity index is 1.82. The standard InChI is InChI=1S/C19H26N2O3/c1-14-2-4-16(5-3-14)19(7-10-24-11-8-19)18(23)21-9-6-15(13-21)12-17(20)22/h2-5,15H,6-13H2,1H3,(H2,20,22). The van der Waals surface area contributed by atoms with Gasteiger partial charge in [0, 0.05) is 32.7 Å². The normalized spacial score (nSPS) is 23.2. The molecule has 0 saturated carbocycles. The van der Waals surface area contributed by atoms with Crippen LogP contribution in [0.4, 0.5) is 0 Å². The molecule has 2 aliphatic rings. The second-order valence-corrected chi connectivity index (χ2v) is 7.14. The zero-order chi connectivity index (χ0) is 17.2. The van der Waals surface area contributed by atoms with E-state index in [2.05, 4.69) is 31.2 Å². The number of hydrogen-bond donors (Lipinski definition) is 1. The van der Waals surface area contributed by atoms with Crippen molar-refractivity contribution >= 4 is 11.8 Å². The Labute approximate surface area is 143 Å². The third kappa shape index (κ3) is 3.31. The molecule has 1 unspecified atom stereocenters. The Hall–Kier alpha value is -1.88. The lowest BCUT2D eigenvalue weighted by molar-refractivity contribution is -0.140. The van der Waals surface area contributed by atoms with Gasteiger partial charge in [-0.2, -0.15) is 0 Å². The first-order valence-electron chi connectivity index (χ1n) is 8.74. The minimum Gasteiger partial charge on any atom is -0.381 e. The van der Waals surface area contributed by atoms with E-state index in [-0.39, 0.29) is 17.7 Å². The largest absolute Gasteiger partial charge is 0.381 e. The molecule has 130 valence electrons. The summed E-state index contributed by atoms with van der Waals surface area (Å²) in [5, 5.41) is 0. The maximum absolute atomic E-state index is 13.4. The minimum atomic E-state index is -0.492. The van der Waals surface area contributed by atoms with E-state index in [1.54, 1.807) is 0 Å². The number of nitrogens with zero attached hydrogens (tertiary/aromatic N) is 1. The van der Waals surface area contributed by atoms with Crippen molar-refractivity contribution < 1.29 is 14.3 Å². The molecule has 1 atom stereocenters. The number of carbonyl (C=O) groups excluding carboxylic acids is 2. The van der Waals surface area contributed by atoms with Crippen molar-refractivity contribution in [1.82, 2.24) is 4.90 Å². The van der Waals surface area contributed by atoms with Crippen molar-refractivity contribution in [3.8, 4) is 0 Å². The molecule has 2 aliphatic heterocycles. The maximum Gasteiger partial charge on any atom is 0.233 e. The number of hydrogen-bond acceptors (Lipinski definition) is 3. The zero-order valence-corrected chi connectivity index (χ0v) is 14.3. The number of nitrogens with two attached hydrogens (primary N) is 1. The number of primary amides is 1. The molecule has 5 nitrogen and oxygen atoms in total. The molecule has 2 amide bonds. The molecule has 0 aromatic heterocycles. The van der Waals surface area contributed by atoms with Crippen LogP contribution in [0.1, 0.15) is 36.8 Å². The third-order valence-corrected chi connectivity index (χ3v) is 5.42. The van der Waals surface area contributed by atoms with Crippen LogP contribution in [0.2, 0.25) is 0 Å². The first-order valence-corrected chi connectivity index (χ1v) is 8.74. The highest BCUT2D eigenvalue weighted by Crippen LogP contribution is 2.38. The van der Waals surface area contributed by atoms with Crippen LogP contribution in [0, 0.1) is 12.8 Å². The molecule has 3 rings (SSSR count). The lowest BCUT2D eigenvalue weighted by Crippen LogP contribution is -2.49. The average Bonchev–Trinajstić information content (AvgIpc) is 3.03. The van der Waals surface area contributed by atoms with Gasteiger partial charge in [-0.1, -0.05) is 29.8 Å². The van der Waals surface area contributed by atoms with E-state index in [4.69, 9.17) is 10.5 Å². The predicted molar refractivity (Wildman–Crippen MR) is 91.4 cm³/mol. The van der Waals surface area contributed by atoms with Crippen LogP contribution in [0.15, 0.2) is 24.3 Å². The maximum atomic E-state index is 13.4. The van der Waals surface area contributed by atoms with Crippen molar-refractivity contribution in [1.29, 1.82) is 0 Å². The van der Waals surface area contributed by atoms with Crippen molar-refractivity contribution in [2.24, 2.45) is 11.7 Å². The first kappa shape index (κ1) is 17.0. The van der Waals surface area contributed by atoms with Gasteiger partial charge in [0.1, 0.15) is 0 Å². The van der Waals surface area contributed by atoms with Gasteiger partial charge in [-0.25, -0.2) is 0 Å². The Kier molecular flexibility index (Phi) is 4.90. The number of carbonyl (C=O) groups is 2. The van der Waals surface area contributed by atoms with Crippen molar-refractivity contribution in [3.63, 3.8) is 0 Å². The average molecular weight is 330 g/mol. The Morgan fingerprint density at radius 2 is 1.92 bits per heavy atom. The van der Waals surface area contributed by atoms with Crippen LogP contribution in [-0.2, 0) is 19.7 Å². The van der Waals surface area contributed by atoms with Crippen LogP contribution in [0.3, 0.4) is 0 Å². The molecule has 1 aromatic carbocycles. The number of likely N-dealkylation sites (tertiary alicyclic amines) is 1. The Morgan fingerprint density at radius 3 is 2.54 bits per heavy atom. The fourth-order valence-corrected chi connectivity index (χ4v) is 3.99. The summed E-state index contributed by atoms with van der Waals surface area (Å²) in [6.45, 7) is 4.62. The fourth-order valence-electron chi connectivity index (χ4n) is 3.99. The van der Waals surface area contributed by atoms with E-state index >= 15 is 0 Å². The highest BCUT2D eigenvalue weighted by Gasteiger charge is 2.45. The summed E-state index contributed by atoms with van der Waals surface area (Å²) >= 11 is 0. The van der Waals surface area contributed by atoms with E-state index in [1.807, 2.05) is 4.90 Å². The lowest BCUT2D eigenvalue weighted by Gasteiger charge is -2.39. The van der Waals surface area contributed by atoms with Crippen molar-refractivity contribution in [2.75, 3.05) is 26.3 Å². The molecular weight excluding hydrogens is 304 g/mol. The summed E-state index contributed by atoms with van der Waals surface area (Å²) < 4.78 is 5.52. The molecule has 1 aromatic rings. The molecule has 2 saturated heterocycles. The van der Waals surface area contributed by atoms with Crippen LogP contribution in [0.5, 0.6) is 0 Å². The van der Waals surface area contributed by atoms with Gasteiger partial charge in [-0.3, -0.25) is 9.59 Å². The number of benzene rings is 1. The fraction of sp³-hybridized carbons (Fsp3) is 0.579.